The monoisotopic (exact) mass is 914 g/mol. The van der Waals surface area contributed by atoms with Crippen LogP contribution in [0, 0.1) is 0 Å². The average molecular weight is 914 g/mol. The fourth-order valence-electron chi connectivity index (χ4n) is 8.07. The van der Waals surface area contributed by atoms with Crippen LogP contribution in [0.3, 0.4) is 0 Å². The van der Waals surface area contributed by atoms with Crippen LogP contribution in [0.1, 0.15) is 219 Å². The lowest BCUT2D eigenvalue weighted by Gasteiger charge is -2.40. The lowest BCUT2D eigenvalue weighted by molar-refractivity contribution is -0.302. The molecule has 1 saturated heterocycles. The Morgan fingerprint density at radius 1 is 0.538 bits per heavy atom. The van der Waals surface area contributed by atoms with Crippen LogP contribution in [0.4, 0.5) is 0 Å². The predicted molar refractivity (Wildman–Crippen MR) is 272 cm³/mol. The topological polar surface area (TPSA) is 149 Å². The number of nitrogens with one attached hydrogen (secondary N) is 1. The average Bonchev–Trinajstić information content (AvgIpc) is 3.31. The number of hydrogen-bond acceptors (Lipinski definition) is 8. The normalized spacial score (nSPS) is 20.5. The van der Waals surface area contributed by atoms with Gasteiger partial charge in [-0.05, 0) is 64.2 Å². The molecule has 9 nitrogen and oxygen atoms in total. The standard InChI is InChI=1S/C56H99NO8/c1-3-5-7-9-11-13-15-17-18-19-20-21-22-23-24-25-26-27-28-29-30-31-32-34-36-38-40-42-44-46-52(60)57-49(48-64-56-55(63)54(62)53(61)51(47-58)65-56)50(59)45-43-41-39-37-35-33-16-14-12-10-8-6-4-2/h5,7,11,13,17-18,20-21,23-24,43,45,49-51,53-56,58-59,61-63H,3-4,6,8-10,12,14-16,19,22,25-42,44,46-48H2,1-2H3,(H,57,60)/b7-5-,13-11-,18-17-,21-20-,24-23-,45-43+. The van der Waals surface area contributed by atoms with E-state index in [-0.39, 0.29) is 12.5 Å². The van der Waals surface area contributed by atoms with Gasteiger partial charge in [-0.3, -0.25) is 4.79 Å². The van der Waals surface area contributed by atoms with Crippen LogP contribution in [0.15, 0.2) is 72.9 Å². The molecule has 0 radical (unpaired) electrons. The Morgan fingerprint density at radius 2 is 0.954 bits per heavy atom. The van der Waals surface area contributed by atoms with Gasteiger partial charge in [-0.25, -0.2) is 0 Å². The van der Waals surface area contributed by atoms with Crippen molar-refractivity contribution >= 4 is 5.91 Å². The number of carbonyl (C=O) groups excluding carboxylic acids is 1. The summed E-state index contributed by atoms with van der Waals surface area (Å²) in [6.07, 6.45) is 55.3. The highest BCUT2D eigenvalue weighted by Crippen LogP contribution is 2.23. The summed E-state index contributed by atoms with van der Waals surface area (Å²) in [6.45, 7) is 3.65. The number of aliphatic hydroxyl groups excluding tert-OH is 5. The molecule has 376 valence electrons. The number of carbonyl (C=O) groups is 1. The molecule has 0 aromatic rings. The summed E-state index contributed by atoms with van der Waals surface area (Å²) in [5.41, 5.74) is 0. The van der Waals surface area contributed by atoms with Crippen molar-refractivity contribution < 1.29 is 39.8 Å². The van der Waals surface area contributed by atoms with E-state index in [1.165, 1.54) is 128 Å². The molecule has 6 N–H and O–H groups in total. The van der Waals surface area contributed by atoms with Gasteiger partial charge in [0.2, 0.25) is 5.91 Å². The molecule has 1 rings (SSSR count). The Morgan fingerprint density at radius 3 is 1.42 bits per heavy atom. The molecule has 1 amide bonds. The number of amides is 1. The molecule has 0 aromatic heterocycles. The highest BCUT2D eigenvalue weighted by atomic mass is 16.7. The predicted octanol–water partition coefficient (Wildman–Crippen LogP) is 12.5. The van der Waals surface area contributed by atoms with E-state index in [9.17, 15) is 30.3 Å². The first-order chi connectivity index (χ1) is 31.8. The Hall–Kier alpha value is -2.37. The first-order valence-corrected chi connectivity index (χ1v) is 26.7. The van der Waals surface area contributed by atoms with Crippen LogP contribution in [0.5, 0.6) is 0 Å². The van der Waals surface area contributed by atoms with Gasteiger partial charge in [0, 0.05) is 6.42 Å². The molecule has 0 spiro atoms. The number of allylic oxidation sites excluding steroid dienone is 11. The molecular weight excluding hydrogens is 815 g/mol. The van der Waals surface area contributed by atoms with Gasteiger partial charge >= 0.3 is 0 Å². The van der Waals surface area contributed by atoms with Crippen LogP contribution >= 0.6 is 0 Å². The maximum Gasteiger partial charge on any atom is 0.220 e. The zero-order valence-corrected chi connectivity index (χ0v) is 41.5. The van der Waals surface area contributed by atoms with Crippen LogP contribution in [0.25, 0.3) is 0 Å². The van der Waals surface area contributed by atoms with E-state index in [1.807, 2.05) is 6.08 Å². The number of aliphatic hydroxyl groups is 5. The van der Waals surface area contributed by atoms with Gasteiger partial charge in [-0.1, -0.05) is 222 Å². The van der Waals surface area contributed by atoms with Gasteiger partial charge in [0.25, 0.3) is 0 Å². The van der Waals surface area contributed by atoms with Gasteiger partial charge in [0.1, 0.15) is 24.4 Å². The van der Waals surface area contributed by atoms with Crippen LogP contribution < -0.4 is 5.32 Å². The fourth-order valence-corrected chi connectivity index (χ4v) is 8.07. The van der Waals surface area contributed by atoms with Crippen molar-refractivity contribution in [2.75, 3.05) is 13.2 Å². The molecule has 7 unspecified atom stereocenters. The second-order valence-corrected chi connectivity index (χ2v) is 18.3. The second kappa shape index (κ2) is 45.4. The summed E-state index contributed by atoms with van der Waals surface area (Å²) in [6, 6.07) is -0.807. The molecule has 1 aliphatic heterocycles. The minimum atomic E-state index is -1.57. The number of unbranched alkanes of at least 4 members (excludes halogenated alkanes) is 24. The summed E-state index contributed by atoms with van der Waals surface area (Å²) in [4.78, 5) is 13.0. The highest BCUT2D eigenvalue weighted by molar-refractivity contribution is 5.76. The summed E-state index contributed by atoms with van der Waals surface area (Å²) < 4.78 is 11.2. The lowest BCUT2D eigenvalue weighted by atomic mass is 9.99. The largest absolute Gasteiger partial charge is 0.394 e. The molecule has 1 aliphatic rings. The van der Waals surface area contributed by atoms with Gasteiger partial charge in [0.15, 0.2) is 6.29 Å². The van der Waals surface area contributed by atoms with Crippen molar-refractivity contribution in [1.82, 2.24) is 5.32 Å². The minimum absolute atomic E-state index is 0.181. The van der Waals surface area contributed by atoms with Crippen LogP contribution in [0.2, 0.25) is 0 Å². The van der Waals surface area contributed by atoms with Crippen molar-refractivity contribution in [2.45, 2.75) is 262 Å². The Bertz CT molecular complexity index is 1240. The molecule has 1 heterocycles. The molecule has 0 aromatic carbocycles. The van der Waals surface area contributed by atoms with E-state index < -0.39 is 49.5 Å². The van der Waals surface area contributed by atoms with Crippen molar-refractivity contribution in [1.29, 1.82) is 0 Å². The smallest absolute Gasteiger partial charge is 0.220 e. The van der Waals surface area contributed by atoms with Crippen molar-refractivity contribution in [2.24, 2.45) is 0 Å². The van der Waals surface area contributed by atoms with E-state index in [0.29, 0.717) is 6.42 Å². The van der Waals surface area contributed by atoms with Gasteiger partial charge in [-0.2, -0.15) is 0 Å². The quantitative estimate of drug-likeness (QED) is 0.0261. The second-order valence-electron chi connectivity index (χ2n) is 18.3. The lowest BCUT2D eigenvalue weighted by Crippen LogP contribution is -2.60. The van der Waals surface area contributed by atoms with E-state index in [4.69, 9.17) is 9.47 Å². The molecule has 0 saturated carbocycles. The summed E-state index contributed by atoms with van der Waals surface area (Å²) in [5.74, 6) is -0.181. The fraction of sp³-hybridized carbons (Fsp3) is 0.768. The Labute approximate surface area is 398 Å². The molecule has 0 bridgehead atoms. The first kappa shape index (κ1) is 60.6. The van der Waals surface area contributed by atoms with E-state index in [0.717, 1.165) is 70.6 Å². The number of rotatable bonds is 44. The molecule has 65 heavy (non-hydrogen) atoms. The number of ether oxygens (including phenoxy) is 2. The summed E-state index contributed by atoms with van der Waals surface area (Å²) in [5, 5.41) is 54.3. The highest BCUT2D eigenvalue weighted by Gasteiger charge is 2.44. The third-order valence-electron chi connectivity index (χ3n) is 12.3. The van der Waals surface area contributed by atoms with Gasteiger partial charge in [0.05, 0.1) is 25.4 Å². The molecule has 0 aliphatic carbocycles. The van der Waals surface area contributed by atoms with Crippen molar-refractivity contribution in [3.63, 3.8) is 0 Å². The minimum Gasteiger partial charge on any atom is -0.394 e. The molecule has 1 fully saturated rings. The Kier molecular flexibility index (Phi) is 42.4. The summed E-state index contributed by atoms with van der Waals surface area (Å²) >= 11 is 0. The van der Waals surface area contributed by atoms with Crippen molar-refractivity contribution in [3.8, 4) is 0 Å². The third kappa shape index (κ3) is 35.4. The van der Waals surface area contributed by atoms with E-state index >= 15 is 0 Å². The first-order valence-electron chi connectivity index (χ1n) is 26.7. The maximum absolute atomic E-state index is 13.0. The maximum atomic E-state index is 13.0. The zero-order valence-electron chi connectivity index (χ0n) is 41.5. The Balaban J connectivity index is 2.20. The summed E-state index contributed by atoms with van der Waals surface area (Å²) in [7, 11) is 0. The molecule has 9 heteroatoms. The van der Waals surface area contributed by atoms with E-state index in [1.54, 1.807) is 6.08 Å². The van der Waals surface area contributed by atoms with Crippen LogP contribution in [-0.2, 0) is 14.3 Å². The van der Waals surface area contributed by atoms with E-state index in [2.05, 4.69) is 79.9 Å². The van der Waals surface area contributed by atoms with Gasteiger partial charge < -0.3 is 40.3 Å². The van der Waals surface area contributed by atoms with Crippen molar-refractivity contribution in [3.05, 3.63) is 72.9 Å². The van der Waals surface area contributed by atoms with Gasteiger partial charge in [-0.15, -0.1) is 0 Å². The van der Waals surface area contributed by atoms with Crippen LogP contribution in [-0.4, -0.2) is 87.5 Å². The third-order valence-corrected chi connectivity index (χ3v) is 12.3. The number of hydrogen-bond donors (Lipinski definition) is 6. The molecule has 7 atom stereocenters. The molecular formula is C56H99NO8. The SMILES string of the molecule is CC/C=C\C/C=C\C/C=C\C/C=C\C/C=C\CCCCCCCCCCCCCCCC(=O)NC(COC1OC(CO)C(O)C(O)C1O)C(O)/C=C/CCCCCCCCCCCCC. The zero-order chi connectivity index (χ0) is 47.3.